The highest BCUT2D eigenvalue weighted by Crippen LogP contribution is 2.26. The van der Waals surface area contributed by atoms with E-state index in [4.69, 9.17) is 16.3 Å². The number of hydrogen-bond acceptors (Lipinski definition) is 2. The normalized spacial score (nSPS) is 10.4. The minimum absolute atomic E-state index is 0.0789. The van der Waals surface area contributed by atoms with Crippen molar-refractivity contribution in [2.45, 2.75) is 20.4 Å². The topological polar surface area (TPSA) is 38.3 Å². The fraction of sp³-hybridized carbons (Fsp3) is 0.235. The number of ether oxygens (including phenoxy) is 1. The predicted octanol–water partition coefficient (Wildman–Crippen LogP) is 3.79. The van der Waals surface area contributed by atoms with Crippen LogP contribution in [0, 0.1) is 19.7 Å². The first kappa shape index (κ1) is 16.3. The summed E-state index contributed by atoms with van der Waals surface area (Å²) in [7, 11) is 0. The van der Waals surface area contributed by atoms with E-state index >= 15 is 0 Å². The number of hydrogen-bond donors (Lipinski definition) is 1. The van der Waals surface area contributed by atoms with E-state index in [1.165, 1.54) is 12.1 Å². The molecule has 0 heterocycles. The maximum absolute atomic E-state index is 12.8. The third kappa shape index (κ3) is 4.46. The molecule has 0 aliphatic carbocycles. The average molecular weight is 322 g/mol. The van der Waals surface area contributed by atoms with Crippen LogP contribution >= 0.6 is 11.6 Å². The second-order valence-corrected chi connectivity index (χ2v) is 5.50. The van der Waals surface area contributed by atoms with Gasteiger partial charge in [0.25, 0.3) is 5.91 Å². The zero-order valence-electron chi connectivity index (χ0n) is 12.5. The Kier molecular flexibility index (Phi) is 5.39. The summed E-state index contributed by atoms with van der Waals surface area (Å²) in [6, 6.07) is 9.56. The molecule has 0 aliphatic rings. The van der Waals surface area contributed by atoms with Crippen LogP contribution in [0.5, 0.6) is 5.75 Å². The number of benzene rings is 2. The van der Waals surface area contributed by atoms with Crippen LogP contribution in [-0.4, -0.2) is 12.5 Å². The number of carbonyl (C=O) groups is 1. The summed E-state index contributed by atoms with van der Waals surface area (Å²) in [6.07, 6.45) is 0. The zero-order chi connectivity index (χ0) is 16.1. The molecule has 0 radical (unpaired) electrons. The van der Waals surface area contributed by atoms with Crippen molar-refractivity contribution >= 4 is 17.5 Å². The highest BCUT2D eigenvalue weighted by Gasteiger charge is 2.08. The van der Waals surface area contributed by atoms with Gasteiger partial charge in [-0.3, -0.25) is 4.79 Å². The van der Waals surface area contributed by atoms with Crippen LogP contribution in [0.15, 0.2) is 36.4 Å². The van der Waals surface area contributed by atoms with Crippen LogP contribution in [0.4, 0.5) is 4.39 Å². The van der Waals surface area contributed by atoms with E-state index < -0.39 is 0 Å². The van der Waals surface area contributed by atoms with Gasteiger partial charge in [0.1, 0.15) is 11.6 Å². The number of amides is 1. The van der Waals surface area contributed by atoms with Gasteiger partial charge in [-0.05, 0) is 54.8 Å². The second kappa shape index (κ2) is 7.27. The Morgan fingerprint density at radius 2 is 1.77 bits per heavy atom. The molecule has 116 valence electrons. The molecule has 0 aliphatic heterocycles. The minimum atomic E-state index is -0.299. The van der Waals surface area contributed by atoms with E-state index in [9.17, 15) is 9.18 Å². The van der Waals surface area contributed by atoms with Gasteiger partial charge in [0.15, 0.2) is 6.61 Å². The summed E-state index contributed by atoms with van der Waals surface area (Å²) in [5, 5.41) is 3.37. The molecular weight excluding hydrogens is 305 g/mol. The Labute approximate surface area is 134 Å². The molecule has 2 aromatic rings. The highest BCUT2D eigenvalue weighted by molar-refractivity contribution is 6.30. The summed E-state index contributed by atoms with van der Waals surface area (Å²) < 4.78 is 18.3. The number of rotatable bonds is 5. The van der Waals surface area contributed by atoms with Crippen molar-refractivity contribution in [3.63, 3.8) is 0 Å². The standard InChI is InChI=1S/C17H17ClFNO2/c1-11-7-14(18)8-12(2)17(11)22-10-16(21)20-9-13-3-5-15(19)6-4-13/h3-8H,9-10H2,1-2H3,(H,20,21). The van der Waals surface area contributed by atoms with Crippen LogP contribution < -0.4 is 10.1 Å². The Balaban J connectivity index is 1.87. The fourth-order valence-corrected chi connectivity index (χ4v) is 2.44. The lowest BCUT2D eigenvalue weighted by Crippen LogP contribution is -2.28. The average Bonchev–Trinajstić information content (AvgIpc) is 2.45. The number of carbonyl (C=O) groups excluding carboxylic acids is 1. The SMILES string of the molecule is Cc1cc(Cl)cc(C)c1OCC(=O)NCc1ccc(F)cc1. The summed E-state index contributed by atoms with van der Waals surface area (Å²) in [5.41, 5.74) is 2.60. The maximum Gasteiger partial charge on any atom is 0.258 e. The molecule has 5 heteroatoms. The van der Waals surface area contributed by atoms with Crippen molar-refractivity contribution in [3.8, 4) is 5.75 Å². The van der Waals surface area contributed by atoms with Gasteiger partial charge in [-0.15, -0.1) is 0 Å². The smallest absolute Gasteiger partial charge is 0.258 e. The lowest BCUT2D eigenvalue weighted by molar-refractivity contribution is -0.123. The first-order valence-electron chi connectivity index (χ1n) is 6.86. The molecule has 0 saturated heterocycles. The third-order valence-electron chi connectivity index (χ3n) is 3.18. The molecule has 0 spiro atoms. The highest BCUT2D eigenvalue weighted by atomic mass is 35.5. The molecule has 0 aromatic heterocycles. The number of nitrogens with one attached hydrogen (secondary N) is 1. The van der Waals surface area contributed by atoms with E-state index in [-0.39, 0.29) is 18.3 Å². The first-order chi connectivity index (χ1) is 10.5. The van der Waals surface area contributed by atoms with Crippen LogP contribution in [0.2, 0.25) is 5.02 Å². The molecule has 0 unspecified atom stereocenters. The molecule has 0 bridgehead atoms. The lowest BCUT2D eigenvalue weighted by Gasteiger charge is -2.12. The Bertz CT molecular complexity index is 648. The van der Waals surface area contributed by atoms with Gasteiger partial charge in [-0.2, -0.15) is 0 Å². The van der Waals surface area contributed by atoms with Gasteiger partial charge in [0.05, 0.1) is 0 Å². The number of aryl methyl sites for hydroxylation is 2. The molecule has 2 aromatic carbocycles. The Hall–Kier alpha value is -2.07. The molecule has 2 rings (SSSR count). The van der Waals surface area contributed by atoms with Crippen molar-refractivity contribution in [1.29, 1.82) is 0 Å². The van der Waals surface area contributed by atoms with Gasteiger partial charge in [0, 0.05) is 11.6 Å². The van der Waals surface area contributed by atoms with E-state index in [2.05, 4.69) is 5.32 Å². The summed E-state index contributed by atoms with van der Waals surface area (Å²) in [5.74, 6) is 0.131. The Morgan fingerprint density at radius 1 is 1.18 bits per heavy atom. The first-order valence-corrected chi connectivity index (χ1v) is 7.24. The molecule has 0 fully saturated rings. The largest absolute Gasteiger partial charge is 0.483 e. The van der Waals surface area contributed by atoms with Crippen molar-refractivity contribution in [3.05, 3.63) is 63.9 Å². The predicted molar refractivity (Wildman–Crippen MR) is 84.7 cm³/mol. The van der Waals surface area contributed by atoms with Crippen molar-refractivity contribution < 1.29 is 13.9 Å². The Morgan fingerprint density at radius 3 is 2.36 bits per heavy atom. The van der Waals surface area contributed by atoms with Crippen LogP contribution in [-0.2, 0) is 11.3 Å². The van der Waals surface area contributed by atoms with Crippen molar-refractivity contribution in [2.75, 3.05) is 6.61 Å². The zero-order valence-corrected chi connectivity index (χ0v) is 13.2. The summed E-state index contributed by atoms with van der Waals surface area (Å²) >= 11 is 5.95. The monoisotopic (exact) mass is 321 g/mol. The quantitative estimate of drug-likeness (QED) is 0.910. The summed E-state index contributed by atoms with van der Waals surface area (Å²) in [6.45, 7) is 4.01. The van der Waals surface area contributed by atoms with E-state index in [0.717, 1.165) is 16.7 Å². The minimum Gasteiger partial charge on any atom is -0.483 e. The summed E-state index contributed by atoms with van der Waals surface area (Å²) in [4.78, 5) is 11.8. The van der Waals surface area contributed by atoms with Crippen molar-refractivity contribution in [1.82, 2.24) is 5.32 Å². The lowest BCUT2D eigenvalue weighted by atomic mass is 10.1. The molecule has 3 nitrogen and oxygen atoms in total. The van der Waals surface area contributed by atoms with Gasteiger partial charge in [-0.1, -0.05) is 23.7 Å². The molecule has 0 atom stereocenters. The van der Waals surface area contributed by atoms with Gasteiger partial charge in [0.2, 0.25) is 0 Å². The maximum atomic E-state index is 12.8. The van der Waals surface area contributed by atoms with Crippen LogP contribution in [0.3, 0.4) is 0 Å². The second-order valence-electron chi connectivity index (χ2n) is 5.06. The van der Waals surface area contributed by atoms with Gasteiger partial charge < -0.3 is 10.1 Å². The molecular formula is C17H17ClFNO2. The van der Waals surface area contributed by atoms with Gasteiger partial charge >= 0.3 is 0 Å². The molecule has 1 amide bonds. The number of halogens is 2. The third-order valence-corrected chi connectivity index (χ3v) is 3.39. The van der Waals surface area contributed by atoms with Crippen LogP contribution in [0.1, 0.15) is 16.7 Å². The van der Waals surface area contributed by atoms with Gasteiger partial charge in [-0.25, -0.2) is 4.39 Å². The fourth-order valence-electron chi connectivity index (χ4n) is 2.12. The molecule has 0 saturated carbocycles. The van der Waals surface area contributed by atoms with E-state index in [1.807, 2.05) is 13.8 Å². The van der Waals surface area contributed by atoms with Crippen molar-refractivity contribution in [2.24, 2.45) is 0 Å². The van der Waals surface area contributed by atoms with Crippen LogP contribution in [0.25, 0.3) is 0 Å². The molecule has 22 heavy (non-hydrogen) atoms. The van der Waals surface area contributed by atoms with E-state index in [1.54, 1.807) is 24.3 Å². The molecule has 1 N–H and O–H groups in total. The van der Waals surface area contributed by atoms with E-state index in [0.29, 0.717) is 17.3 Å².